The van der Waals surface area contributed by atoms with E-state index < -0.39 is 6.10 Å². The molecule has 1 aromatic carbocycles. The predicted molar refractivity (Wildman–Crippen MR) is 73.3 cm³/mol. The van der Waals surface area contributed by atoms with Gasteiger partial charge in [0.15, 0.2) is 0 Å². The Morgan fingerprint density at radius 1 is 1.53 bits per heavy atom. The predicted octanol–water partition coefficient (Wildman–Crippen LogP) is 1.45. The molecule has 0 unspecified atom stereocenters. The first-order chi connectivity index (χ1) is 9.13. The van der Waals surface area contributed by atoms with Gasteiger partial charge in [0.25, 0.3) is 5.91 Å². The van der Waals surface area contributed by atoms with Crippen molar-refractivity contribution in [2.75, 3.05) is 19.0 Å². The molecule has 0 aromatic heterocycles. The maximum absolute atomic E-state index is 12.1. The van der Waals surface area contributed by atoms with E-state index in [0.717, 1.165) is 12.0 Å². The molecule has 1 amide bonds. The summed E-state index contributed by atoms with van der Waals surface area (Å²) in [6.07, 6.45) is 1.12. The summed E-state index contributed by atoms with van der Waals surface area (Å²) in [5.74, 6) is 0.507. The van der Waals surface area contributed by atoms with Crippen LogP contribution >= 0.6 is 0 Å². The number of hydrogen-bond donors (Lipinski definition) is 2. The first-order valence-corrected chi connectivity index (χ1v) is 6.45. The summed E-state index contributed by atoms with van der Waals surface area (Å²) in [6.45, 7) is 2.42. The molecule has 5 nitrogen and oxygen atoms in total. The molecule has 1 aliphatic heterocycles. The molecular weight excluding hydrogens is 244 g/mol. The van der Waals surface area contributed by atoms with Crippen LogP contribution in [0.2, 0.25) is 0 Å². The number of amides is 1. The third-order valence-corrected chi connectivity index (χ3v) is 3.28. The summed E-state index contributed by atoms with van der Waals surface area (Å²) in [6, 6.07) is 5.65. The molecule has 0 saturated carbocycles. The van der Waals surface area contributed by atoms with Crippen molar-refractivity contribution in [1.29, 1.82) is 0 Å². The van der Waals surface area contributed by atoms with Crippen molar-refractivity contribution in [2.24, 2.45) is 5.73 Å². The number of aryl methyl sites for hydroxylation is 1. The molecule has 1 aromatic rings. The van der Waals surface area contributed by atoms with Crippen LogP contribution in [-0.2, 0) is 9.53 Å². The lowest BCUT2D eigenvalue weighted by atomic mass is 10.1. The summed E-state index contributed by atoms with van der Waals surface area (Å²) in [4.78, 5) is 12.1. The zero-order valence-electron chi connectivity index (χ0n) is 11.3. The SMILES string of the molecule is COc1ccc(C)cc1NC(=O)[C@@H]1CC[C@H](CN)O1. The van der Waals surface area contributed by atoms with Crippen LogP contribution in [0.25, 0.3) is 0 Å². The van der Waals surface area contributed by atoms with E-state index >= 15 is 0 Å². The van der Waals surface area contributed by atoms with Crippen molar-refractivity contribution < 1.29 is 14.3 Å². The third-order valence-electron chi connectivity index (χ3n) is 3.28. The molecule has 0 aliphatic carbocycles. The van der Waals surface area contributed by atoms with E-state index in [1.807, 2.05) is 25.1 Å². The normalized spacial score (nSPS) is 22.3. The number of methoxy groups -OCH3 is 1. The molecule has 1 fully saturated rings. The molecule has 1 heterocycles. The van der Waals surface area contributed by atoms with E-state index in [9.17, 15) is 4.79 Å². The average molecular weight is 264 g/mol. The van der Waals surface area contributed by atoms with Gasteiger partial charge in [0.05, 0.1) is 18.9 Å². The van der Waals surface area contributed by atoms with Crippen molar-refractivity contribution in [1.82, 2.24) is 0 Å². The smallest absolute Gasteiger partial charge is 0.253 e. The highest BCUT2D eigenvalue weighted by Gasteiger charge is 2.30. The highest BCUT2D eigenvalue weighted by Crippen LogP contribution is 2.27. The van der Waals surface area contributed by atoms with Crippen LogP contribution in [0.4, 0.5) is 5.69 Å². The largest absolute Gasteiger partial charge is 0.495 e. The van der Waals surface area contributed by atoms with Crippen LogP contribution in [0.15, 0.2) is 18.2 Å². The Morgan fingerprint density at radius 2 is 2.32 bits per heavy atom. The minimum absolute atomic E-state index is 0.00449. The number of ether oxygens (including phenoxy) is 2. The Hall–Kier alpha value is -1.59. The minimum atomic E-state index is -0.418. The third kappa shape index (κ3) is 3.24. The molecular formula is C14H20N2O3. The monoisotopic (exact) mass is 264 g/mol. The quantitative estimate of drug-likeness (QED) is 0.863. The molecule has 5 heteroatoms. The Kier molecular flexibility index (Phi) is 4.39. The van der Waals surface area contributed by atoms with Gasteiger partial charge >= 0.3 is 0 Å². The number of rotatable bonds is 4. The maximum Gasteiger partial charge on any atom is 0.253 e. The van der Waals surface area contributed by atoms with Crippen LogP contribution in [0, 0.1) is 6.92 Å². The van der Waals surface area contributed by atoms with Gasteiger partial charge in [0.1, 0.15) is 11.9 Å². The number of carbonyl (C=O) groups is 1. The Labute approximate surface area is 113 Å². The van der Waals surface area contributed by atoms with Crippen LogP contribution < -0.4 is 15.8 Å². The fourth-order valence-electron chi connectivity index (χ4n) is 2.20. The second kappa shape index (κ2) is 6.04. The van der Waals surface area contributed by atoms with Gasteiger partial charge in [-0.25, -0.2) is 0 Å². The minimum Gasteiger partial charge on any atom is -0.495 e. The molecule has 19 heavy (non-hydrogen) atoms. The number of nitrogens with two attached hydrogens (primary N) is 1. The van der Waals surface area contributed by atoms with Crippen molar-refractivity contribution in [3.63, 3.8) is 0 Å². The van der Waals surface area contributed by atoms with Crippen molar-refractivity contribution in [2.45, 2.75) is 32.0 Å². The topological polar surface area (TPSA) is 73.6 Å². The molecule has 0 spiro atoms. The number of nitrogens with one attached hydrogen (secondary N) is 1. The van der Waals surface area contributed by atoms with Crippen LogP contribution in [0.5, 0.6) is 5.75 Å². The standard InChI is InChI=1S/C14H20N2O3/c1-9-3-5-12(18-2)11(7-9)16-14(17)13-6-4-10(8-15)19-13/h3,5,7,10,13H,4,6,8,15H2,1-2H3,(H,16,17)/t10-,13+/m1/s1. The summed E-state index contributed by atoms with van der Waals surface area (Å²) in [5, 5.41) is 2.86. The van der Waals surface area contributed by atoms with Crippen LogP contribution in [0.1, 0.15) is 18.4 Å². The number of benzene rings is 1. The van der Waals surface area contributed by atoms with Gasteiger partial charge < -0.3 is 20.5 Å². The molecule has 1 saturated heterocycles. The van der Waals surface area contributed by atoms with Gasteiger partial charge in [-0.15, -0.1) is 0 Å². The fourth-order valence-corrected chi connectivity index (χ4v) is 2.20. The second-order valence-electron chi connectivity index (χ2n) is 4.75. The molecule has 1 aliphatic rings. The van der Waals surface area contributed by atoms with Gasteiger partial charge in [-0.2, -0.15) is 0 Å². The molecule has 2 rings (SSSR count). The molecule has 3 N–H and O–H groups in total. The fraction of sp³-hybridized carbons (Fsp3) is 0.500. The molecule has 0 radical (unpaired) electrons. The Morgan fingerprint density at radius 3 is 2.95 bits per heavy atom. The van der Waals surface area contributed by atoms with Gasteiger partial charge in [-0.1, -0.05) is 6.07 Å². The van der Waals surface area contributed by atoms with E-state index in [1.54, 1.807) is 7.11 Å². The van der Waals surface area contributed by atoms with Gasteiger partial charge in [-0.05, 0) is 37.5 Å². The number of anilines is 1. The van der Waals surface area contributed by atoms with Crippen molar-refractivity contribution in [3.05, 3.63) is 23.8 Å². The zero-order chi connectivity index (χ0) is 13.8. The van der Waals surface area contributed by atoms with Crippen molar-refractivity contribution in [3.8, 4) is 5.75 Å². The van der Waals surface area contributed by atoms with E-state index in [2.05, 4.69) is 5.32 Å². The first-order valence-electron chi connectivity index (χ1n) is 6.45. The lowest BCUT2D eigenvalue weighted by Gasteiger charge is -2.15. The van der Waals surface area contributed by atoms with E-state index in [-0.39, 0.29) is 12.0 Å². The maximum atomic E-state index is 12.1. The van der Waals surface area contributed by atoms with Crippen molar-refractivity contribution >= 4 is 11.6 Å². The Bertz CT molecular complexity index is 462. The van der Waals surface area contributed by atoms with Gasteiger partial charge in [-0.3, -0.25) is 4.79 Å². The first kappa shape index (κ1) is 13.8. The lowest BCUT2D eigenvalue weighted by molar-refractivity contribution is -0.126. The number of carbonyl (C=O) groups excluding carboxylic acids is 1. The molecule has 104 valence electrons. The second-order valence-corrected chi connectivity index (χ2v) is 4.75. The highest BCUT2D eigenvalue weighted by atomic mass is 16.5. The lowest BCUT2D eigenvalue weighted by Crippen LogP contribution is -2.29. The summed E-state index contributed by atoms with van der Waals surface area (Å²) in [7, 11) is 1.58. The molecule has 0 bridgehead atoms. The van der Waals surface area contributed by atoms with Crippen LogP contribution in [-0.4, -0.2) is 31.8 Å². The van der Waals surface area contributed by atoms with E-state index in [4.69, 9.17) is 15.2 Å². The summed E-state index contributed by atoms with van der Waals surface area (Å²) < 4.78 is 10.8. The average Bonchev–Trinajstić information content (AvgIpc) is 2.88. The van der Waals surface area contributed by atoms with E-state index in [1.165, 1.54) is 0 Å². The van der Waals surface area contributed by atoms with Crippen LogP contribution in [0.3, 0.4) is 0 Å². The highest BCUT2D eigenvalue weighted by molar-refractivity contribution is 5.95. The molecule has 2 atom stereocenters. The summed E-state index contributed by atoms with van der Waals surface area (Å²) in [5.41, 5.74) is 7.27. The van der Waals surface area contributed by atoms with Gasteiger partial charge in [0.2, 0.25) is 0 Å². The zero-order valence-corrected chi connectivity index (χ0v) is 11.3. The van der Waals surface area contributed by atoms with Gasteiger partial charge in [0, 0.05) is 6.54 Å². The summed E-state index contributed by atoms with van der Waals surface area (Å²) >= 11 is 0. The number of hydrogen-bond acceptors (Lipinski definition) is 4. The van der Waals surface area contributed by atoms with E-state index in [0.29, 0.717) is 24.4 Å². The Balaban J connectivity index is 2.05.